The van der Waals surface area contributed by atoms with E-state index in [0.717, 1.165) is 19.4 Å². The molecule has 11 heavy (non-hydrogen) atoms. The van der Waals surface area contributed by atoms with Gasteiger partial charge in [0.1, 0.15) is 0 Å². The Kier molecular flexibility index (Phi) is 4.96. The molecule has 0 saturated carbocycles. The van der Waals surface area contributed by atoms with Crippen LogP contribution in [0.5, 0.6) is 0 Å². The summed E-state index contributed by atoms with van der Waals surface area (Å²) in [5.74, 6) is 0. The first kappa shape index (κ1) is 11.1. The molecule has 2 nitrogen and oxygen atoms in total. The fraction of sp³-hybridized carbons (Fsp3) is 1.00. The number of nitrogens with two attached hydrogens (primary N) is 1. The predicted octanol–water partition coefficient (Wildman–Crippen LogP) is 1.89. The summed E-state index contributed by atoms with van der Waals surface area (Å²) in [6, 6.07) is 0. The molecule has 0 radical (unpaired) electrons. The van der Waals surface area contributed by atoms with E-state index in [0.29, 0.717) is 0 Å². The maximum atomic E-state index is 5.93. The summed E-state index contributed by atoms with van der Waals surface area (Å²) in [7, 11) is -1.55. The van der Waals surface area contributed by atoms with E-state index in [-0.39, 0.29) is 5.67 Å². The lowest BCUT2D eigenvalue weighted by molar-refractivity contribution is 0.298. The van der Waals surface area contributed by atoms with Crippen LogP contribution in [0.4, 0.5) is 0 Å². The molecule has 0 bridgehead atoms. The molecule has 1 atom stereocenters. The maximum absolute atomic E-state index is 5.93. The zero-order valence-corrected chi connectivity index (χ0v) is 9.18. The summed E-state index contributed by atoms with van der Waals surface area (Å²) in [6.07, 6.45) is 2.12. The minimum Gasteiger partial charge on any atom is -0.416 e. The Morgan fingerprint density at radius 2 is 1.91 bits per heavy atom. The Labute approximate surface area is 71.3 Å². The Morgan fingerprint density at radius 3 is 2.27 bits per heavy atom. The van der Waals surface area contributed by atoms with Gasteiger partial charge in [0, 0.05) is 12.3 Å². The van der Waals surface area contributed by atoms with Crippen molar-refractivity contribution in [2.24, 2.45) is 5.73 Å². The largest absolute Gasteiger partial charge is 0.416 e. The van der Waals surface area contributed by atoms with Gasteiger partial charge in [-0.3, -0.25) is 0 Å². The molecule has 0 heterocycles. The van der Waals surface area contributed by atoms with Gasteiger partial charge in [-0.1, -0.05) is 13.8 Å². The smallest absolute Gasteiger partial charge is 0.202 e. The SMILES string of the molecule is CCCO[Si](C)(C)C(N)CC. The highest BCUT2D eigenvalue weighted by atomic mass is 28.4. The van der Waals surface area contributed by atoms with Crippen LogP contribution in [0.2, 0.25) is 13.1 Å². The van der Waals surface area contributed by atoms with Crippen molar-refractivity contribution in [1.82, 2.24) is 0 Å². The zero-order valence-electron chi connectivity index (χ0n) is 8.18. The average Bonchev–Trinajstić information content (AvgIpc) is 1.99. The minimum absolute atomic E-state index is 0.286. The number of hydrogen-bond donors (Lipinski definition) is 1. The summed E-state index contributed by atoms with van der Waals surface area (Å²) in [5, 5.41) is 0. The molecule has 0 aliphatic heterocycles. The topological polar surface area (TPSA) is 35.2 Å². The van der Waals surface area contributed by atoms with Crippen LogP contribution in [0, 0.1) is 0 Å². The van der Waals surface area contributed by atoms with Gasteiger partial charge in [0.15, 0.2) is 0 Å². The van der Waals surface area contributed by atoms with Crippen LogP contribution in [0.1, 0.15) is 26.7 Å². The van der Waals surface area contributed by atoms with Crippen molar-refractivity contribution in [3.63, 3.8) is 0 Å². The van der Waals surface area contributed by atoms with Crippen LogP contribution in [0.25, 0.3) is 0 Å². The molecule has 1 unspecified atom stereocenters. The Morgan fingerprint density at radius 1 is 1.36 bits per heavy atom. The Hall–Kier alpha value is 0.137. The summed E-state index contributed by atoms with van der Waals surface area (Å²) < 4.78 is 5.75. The summed E-state index contributed by atoms with van der Waals surface area (Å²) >= 11 is 0. The molecule has 0 fully saturated rings. The second-order valence-corrected chi connectivity index (χ2v) is 7.70. The van der Waals surface area contributed by atoms with Gasteiger partial charge in [-0.15, -0.1) is 0 Å². The van der Waals surface area contributed by atoms with Crippen LogP contribution >= 0.6 is 0 Å². The van der Waals surface area contributed by atoms with Crippen molar-refractivity contribution in [3.8, 4) is 0 Å². The molecule has 0 aromatic rings. The van der Waals surface area contributed by atoms with Gasteiger partial charge in [-0.05, 0) is 25.9 Å². The monoisotopic (exact) mass is 175 g/mol. The molecule has 3 heteroatoms. The predicted molar refractivity (Wildman–Crippen MR) is 52.0 cm³/mol. The highest BCUT2D eigenvalue weighted by Crippen LogP contribution is 2.11. The van der Waals surface area contributed by atoms with Crippen molar-refractivity contribution >= 4 is 8.32 Å². The van der Waals surface area contributed by atoms with E-state index >= 15 is 0 Å². The molecular formula is C8H21NOSi. The van der Waals surface area contributed by atoms with E-state index < -0.39 is 8.32 Å². The van der Waals surface area contributed by atoms with Crippen LogP contribution < -0.4 is 5.73 Å². The average molecular weight is 175 g/mol. The molecule has 0 spiro atoms. The van der Waals surface area contributed by atoms with Crippen LogP contribution in [0.3, 0.4) is 0 Å². The third kappa shape index (κ3) is 3.89. The Balaban J connectivity index is 3.77. The van der Waals surface area contributed by atoms with Crippen LogP contribution in [0.15, 0.2) is 0 Å². The van der Waals surface area contributed by atoms with Crippen molar-refractivity contribution in [2.45, 2.75) is 45.4 Å². The molecule has 2 N–H and O–H groups in total. The van der Waals surface area contributed by atoms with E-state index in [1.807, 2.05) is 0 Å². The van der Waals surface area contributed by atoms with E-state index in [1.54, 1.807) is 0 Å². The molecule has 0 aliphatic rings. The maximum Gasteiger partial charge on any atom is 0.202 e. The highest BCUT2D eigenvalue weighted by molar-refractivity contribution is 6.72. The van der Waals surface area contributed by atoms with Crippen LogP contribution in [-0.4, -0.2) is 20.6 Å². The normalized spacial score (nSPS) is 15.0. The molecule has 0 saturated heterocycles. The molecule has 0 aliphatic carbocycles. The van der Waals surface area contributed by atoms with Gasteiger partial charge >= 0.3 is 0 Å². The second kappa shape index (κ2) is 4.90. The molecule has 0 aromatic heterocycles. The van der Waals surface area contributed by atoms with Crippen molar-refractivity contribution in [3.05, 3.63) is 0 Å². The lowest BCUT2D eigenvalue weighted by Gasteiger charge is -2.28. The van der Waals surface area contributed by atoms with Gasteiger partial charge in [0.05, 0.1) is 0 Å². The summed E-state index contributed by atoms with van der Waals surface area (Å²) in [6.45, 7) is 9.50. The highest BCUT2D eigenvalue weighted by Gasteiger charge is 2.28. The van der Waals surface area contributed by atoms with E-state index in [9.17, 15) is 0 Å². The molecule has 68 valence electrons. The standard InChI is InChI=1S/C8H21NOSi/c1-5-7-10-11(3,4)8(9)6-2/h8H,5-7,9H2,1-4H3. The lowest BCUT2D eigenvalue weighted by atomic mass is 10.5. The van der Waals surface area contributed by atoms with E-state index in [2.05, 4.69) is 26.9 Å². The molecule has 0 amide bonds. The fourth-order valence-electron chi connectivity index (χ4n) is 0.964. The first-order valence-electron chi connectivity index (χ1n) is 4.44. The fourth-order valence-corrected chi connectivity index (χ4v) is 2.89. The number of rotatable bonds is 5. The number of hydrogen-bond acceptors (Lipinski definition) is 2. The third-order valence-electron chi connectivity index (χ3n) is 2.01. The Bertz CT molecular complexity index is 106. The molecule has 0 rings (SSSR count). The third-order valence-corrected chi connectivity index (χ3v) is 5.15. The summed E-state index contributed by atoms with van der Waals surface area (Å²) in [5.41, 5.74) is 6.21. The van der Waals surface area contributed by atoms with Gasteiger partial charge in [-0.25, -0.2) is 0 Å². The minimum atomic E-state index is -1.55. The lowest BCUT2D eigenvalue weighted by Crippen LogP contribution is -2.50. The first-order chi connectivity index (χ1) is 5.04. The van der Waals surface area contributed by atoms with E-state index in [4.69, 9.17) is 10.2 Å². The van der Waals surface area contributed by atoms with Gasteiger partial charge in [0.2, 0.25) is 8.32 Å². The van der Waals surface area contributed by atoms with E-state index in [1.165, 1.54) is 0 Å². The quantitative estimate of drug-likeness (QED) is 0.648. The van der Waals surface area contributed by atoms with Crippen molar-refractivity contribution in [2.75, 3.05) is 6.61 Å². The van der Waals surface area contributed by atoms with Crippen molar-refractivity contribution < 1.29 is 4.43 Å². The van der Waals surface area contributed by atoms with Gasteiger partial charge in [0.25, 0.3) is 0 Å². The molecule has 0 aromatic carbocycles. The van der Waals surface area contributed by atoms with Gasteiger partial charge < -0.3 is 10.2 Å². The van der Waals surface area contributed by atoms with Crippen molar-refractivity contribution in [1.29, 1.82) is 0 Å². The van der Waals surface area contributed by atoms with Crippen LogP contribution in [-0.2, 0) is 4.43 Å². The summed E-state index contributed by atoms with van der Waals surface area (Å²) in [4.78, 5) is 0. The first-order valence-corrected chi connectivity index (χ1v) is 7.42. The zero-order chi connectivity index (χ0) is 8.91. The molecular weight excluding hydrogens is 154 g/mol. The second-order valence-electron chi connectivity index (χ2n) is 3.47. The van der Waals surface area contributed by atoms with Gasteiger partial charge in [-0.2, -0.15) is 0 Å².